The SMILES string of the molecule is CC(C)CCCN1CCC(NC(=O)[C@H](CC(C)C)NC(=O)c2ccccn2)C(=O)C1. The molecular formula is C23H36N4O3. The number of nitrogens with zero attached hydrogens (tertiary/aromatic N) is 2. The third kappa shape index (κ3) is 7.86. The molecule has 1 unspecified atom stereocenters. The number of aromatic nitrogens is 1. The van der Waals surface area contributed by atoms with Gasteiger partial charge in [0.1, 0.15) is 11.7 Å². The fourth-order valence-electron chi connectivity index (χ4n) is 3.65. The molecular weight excluding hydrogens is 380 g/mol. The summed E-state index contributed by atoms with van der Waals surface area (Å²) in [4.78, 5) is 44.1. The van der Waals surface area contributed by atoms with E-state index in [0.717, 1.165) is 25.9 Å². The Balaban J connectivity index is 1.90. The number of rotatable bonds is 10. The topological polar surface area (TPSA) is 91.4 Å². The zero-order valence-electron chi connectivity index (χ0n) is 18.7. The van der Waals surface area contributed by atoms with Crippen molar-refractivity contribution in [2.75, 3.05) is 19.6 Å². The van der Waals surface area contributed by atoms with Gasteiger partial charge >= 0.3 is 0 Å². The van der Waals surface area contributed by atoms with Gasteiger partial charge in [0.25, 0.3) is 5.91 Å². The summed E-state index contributed by atoms with van der Waals surface area (Å²) in [5.41, 5.74) is 0.268. The van der Waals surface area contributed by atoms with Crippen molar-refractivity contribution in [1.82, 2.24) is 20.5 Å². The molecule has 1 aliphatic rings. The van der Waals surface area contributed by atoms with E-state index in [1.807, 2.05) is 13.8 Å². The van der Waals surface area contributed by atoms with Crippen LogP contribution in [0, 0.1) is 11.8 Å². The number of ketones is 1. The Bertz CT molecular complexity index is 706. The average Bonchev–Trinajstić information content (AvgIpc) is 2.69. The molecule has 2 amide bonds. The third-order valence-corrected chi connectivity index (χ3v) is 5.30. The first-order chi connectivity index (χ1) is 14.3. The van der Waals surface area contributed by atoms with Crippen molar-refractivity contribution >= 4 is 17.6 Å². The van der Waals surface area contributed by atoms with E-state index >= 15 is 0 Å². The van der Waals surface area contributed by atoms with E-state index < -0.39 is 12.1 Å². The largest absolute Gasteiger partial charge is 0.344 e. The summed E-state index contributed by atoms with van der Waals surface area (Å²) in [7, 11) is 0. The highest BCUT2D eigenvalue weighted by atomic mass is 16.2. The van der Waals surface area contributed by atoms with Crippen molar-refractivity contribution < 1.29 is 14.4 Å². The van der Waals surface area contributed by atoms with Gasteiger partial charge in [-0.3, -0.25) is 24.3 Å². The summed E-state index contributed by atoms with van der Waals surface area (Å²) in [6, 6.07) is 3.89. The maximum absolute atomic E-state index is 12.9. The lowest BCUT2D eigenvalue weighted by molar-refractivity contribution is -0.131. The Morgan fingerprint density at radius 2 is 1.97 bits per heavy atom. The van der Waals surface area contributed by atoms with Crippen LogP contribution in [-0.2, 0) is 9.59 Å². The van der Waals surface area contributed by atoms with Gasteiger partial charge < -0.3 is 10.6 Å². The quantitative estimate of drug-likeness (QED) is 0.611. The molecule has 0 bridgehead atoms. The number of carbonyl (C=O) groups is 3. The lowest BCUT2D eigenvalue weighted by Crippen LogP contribution is -2.56. The molecule has 0 saturated carbocycles. The van der Waals surface area contributed by atoms with Gasteiger partial charge in [-0.05, 0) is 56.2 Å². The molecule has 2 rings (SSSR count). The molecule has 0 radical (unpaired) electrons. The number of pyridine rings is 1. The van der Waals surface area contributed by atoms with E-state index in [1.54, 1.807) is 24.4 Å². The summed E-state index contributed by atoms with van der Waals surface area (Å²) in [5.74, 6) is 0.223. The highest BCUT2D eigenvalue weighted by Gasteiger charge is 2.31. The molecule has 1 aromatic rings. The molecule has 166 valence electrons. The van der Waals surface area contributed by atoms with Crippen LogP contribution in [0.5, 0.6) is 0 Å². The van der Waals surface area contributed by atoms with Crippen LogP contribution in [0.15, 0.2) is 24.4 Å². The van der Waals surface area contributed by atoms with Gasteiger partial charge in [0.15, 0.2) is 5.78 Å². The minimum absolute atomic E-state index is 0.0403. The maximum atomic E-state index is 12.9. The summed E-state index contributed by atoms with van der Waals surface area (Å²) >= 11 is 0. The molecule has 1 fully saturated rings. The fraction of sp³-hybridized carbons (Fsp3) is 0.652. The number of likely N-dealkylation sites (tertiary alicyclic amines) is 1. The lowest BCUT2D eigenvalue weighted by Gasteiger charge is -2.32. The Hall–Kier alpha value is -2.28. The van der Waals surface area contributed by atoms with E-state index in [2.05, 4.69) is 34.4 Å². The number of piperidine rings is 1. The number of amides is 2. The number of nitrogens with one attached hydrogen (secondary N) is 2. The van der Waals surface area contributed by atoms with Crippen LogP contribution in [0.25, 0.3) is 0 Å². The van der Waals surface area contributed by atoms with Gasteiger partial charge in [0.2, 0.25) is 5.91 Å². The van der Waals surface area contributed by atoms with E-state index in [-0.39, 0.29) is 29.2 Å². The smallest absolute Gasteiger partial charge is 0.270 e. The van der Waals surface area contributed by atoms with Crippen molar-refractivity contribution in [1.29, 1.82) is 0 Å². The number of hydrogen-bond donors (Lipinski definition) is 2. The lowest BCUT2D eigenvalue weighted by atomic mass is 9.99. The van der Waals surface area contributed by atoms with Gasteiger partial charge in [-0.2, -0.15) is 0 Å². The molecule has 7 nitrogen and oxygen atoms in total. The highest BCUT2D eigenvalue weighted by Crippen LogP contribution is 2.12. The molecule has 30 heavy (non-hydrogen) atoms. The molecule has 1 saturated heterocycles. The Morgan fingerprint density at radius 1 is 1.20 bits per heavy atom. The van der Waals surface area contributed by atoms with Gasteiger partial charge in [-0.25, -0.2) is 0 Å². The minimum atomic E-state index is -0.698. The number of carbonyl (C=O) groups excluding carboxylic acids is 3. The zero-order chi connectivity index (χ0) is 22.1. The Morgan fingerprint density at radius 3 is 2.57 bits per heavy atom. The molecule has 7 heteroatoms. The van der Waals surface area contributed by atoms with Crippen LogP contribution in [-0.4, -0.2) is 59.2 Å². The summed E-state index contributed by atoms with van der Waals surface area (Å²) < 4.78 is 0. The van der Waals surface area contributed by atoms with Gasteiger partial charge in [-0.15, -0.1) is 0 Å². The minimum Gasteiger partial charge on any atom is -0.344 e. The van der Waals surface area contributed by atoms with Crippen molar-refractivity contribution in [3.63, 3.8) is 0 Å². The summed E-state index contributed by atoms with van der Waals surface area (Å²) in [6.07, 6.45) is 4.87. The van der Waals surface area contributed by atoms with Crippen LogP contribution in [0.4, 0.5) is 0 Å². The second-order valence-electron chi connectivity index (χ2n) is 9.00. The molecule has 0 aliphatic carbocycles. The van der Waals surface area contributed by atoms with E-state index in [0.29, 0.717) is 25.3 Å². The number of Topliss-reactive ketones (excluding diaryl/α,β-unsaturated/α-hetero) is 1. The van der Waals surface area contributed by atoms with Gasteiger partial charge in [-0.1, -0.05) is 33.8 Å². The van der Waals surface area contributed by atoms with Crippen molar-refractivity contribution in [3.8, 4) is 0 Å². The van der Waals surface area contributed by atoms with E-state index in [9.17, 15) is 14.4 Å². The zero-order valence-corrected chi connectivity index (χ0v) is 18.7. The van der Waals surface area contributed by atoms with Gasteiger partial charge in [0, 0.05) is 12.7 Å². The third-order valence-electron chi connectivity index (χ3n) is 5.30. The fourth-order valence-corrected chi connectivity index (χ4v) is 3.65. The van der Waals surface area contributed by atoms with E-state index in [4.69, 9.17) is 0 Å². The standard InChI is InChI=1S/C23H36N4O3/c1-16(2)8-7-12-27-13-10-18(21(28)15-27)25-23(30)20(14-17(3)4)26-22(29)19-9-5-6-11-24-19/h5-6,9,11,16-18,20H,7-8,10,12-15H2,1-4H3,(H,25,30)(H,26,29)/t18?,20-/m0/s1. The normalized spacial score (nSPS) is 18.5. The van der Waals surface area contributed by atoms with E-state index in [1.165, 1.54) is 0 Å². The maximum Gasteiger partial charge on any atom is 0.270 e. The summed E-state index contributed by atoms with van der Waals surface area (Å²) in [6.45, 7) is 10.5. The van der Waals surface area contributed by atoms with Crippen LogP contribution < -0.4 is 10.6 Å². The van der Waals surface area contributed by atoms with Crippen molar-refractivity contribution in [2.45, 2.75) is 65.5 Å². The van der Waals surface area contributed by atoms with Crippen molar-refractivity contribution in [3.05, 3.63) is 30.1 Å². The second-order valence-corrected chi connectivity index (χ2v) is 9.00. The predicted octanol–water partition coefficient (Wildman–Crippen LogP) is 2.42. The predicted molar refractivity (Wildman–Crippen MR) is 117 cm³/mol. The molecule has 0 aromatic carbocycles. The van der Waals surface area contributed by atoms with Gasteiger partial charge in [0.05, 0.1) is 12.6 Å². The monoisotopic (exact) mass is 416 g/mol. The molecule has 1 aromatic heterocycles. The molecule has 1 aliphatic heterocycles. The first-order valence-corrected chi connectivity index (χ1v) is 11.0. The van der Waals surface area contributed by atoms with Crippen LogP contribution in [0.2, 0.25) is 0 Å². The van der Waals surface area contributed by atoms with Crippen LogP contribution in [0.1, 0.15) is 63.9 Å². The van der Waals surface area contributed by atoms with Crippen LogP contribution >= 0.6 is 0 Å². The Labute approximate surface area is 180 Å². The first-order valence-electron chi connectivity index (χ1n) is 11.0. The summed E-state index contributed by atoms with van der Waals surface area (Å²) in [5, 5.41) is 5.66. The first kappa shape index (κ1) is 24.0. The number of hydrogen-bond acceptors (Lipinski definition) is 5. The highest BCUT2D eigenvalue weighted by molar-refractivity contribution is 5.97. The second kappa shape index (κ2) is 11.8. The molecule has 2 N–H and O–H groups in total. The van der Waals surface area contributed by atoms with Crippen LogP contribution in [0.3, 0.4) is 0 Å². The van der Waals surface area contributed by atoms with Crippen molar-refractivity contribution in [2.24, 2.45) is 11.8 Å². The molecule has 0 spiro atoms. The molecule has 2 atom stereocenters. The average molecular weight is 417 g/mol. The molecule has 2 heterocycles. The Kier molecular flexibility index (Phi) is 9.43.